The van der Waals surface area contributed by atoms with Crippen LogP contribution in [-0.2, 0) is 24.8 Å². The van der Waals surface area contributed by atoms with Crippen LogP contribution in [-0.4, -0.2) is 71.8 Å². The standard InChI is InChI=1S/C19H22N2O7S2/c1-27-15-7-9-16(10-8-15)29(23,24)20-11-13-21(14-12-20)30(25,26)18-6-4-3-5-17(18)19(22)28-2/h3-10H,11-14H2,1-2H3. The minimum absolute atomic E-state index is 0.00597. The molecule has 1 saturated heterocycles. The predicted octanol–water partition coefficient (Wildman–Crippen LogP) is 1.18. The van der Waals surface area contributed by atoms with Gasteiger partial charge in [-0.05, 0) is 36.4 Å². The Morgan fingerprint density at radius 3 is 1.87 bits per heavy atom. The van der Waals surface area contributed by atoms with Crippen LogP contribution in [0.3, 0.4) is 0 Å². The topological polar surface area (TPSA) is 110 Å². The molecule has 0 N–H and O–H groups in total. The van der Waals surface area contributed by atoms with E-state index in [0.717, 1.165) is 0 Å². The summed E-state index contributed by atoms with van der Waals surface area (Å²) in [6.45, 7) is -0.0809. The maximum Gasteiger partial charge on any atom is 0.339 e. The zero-order valence-electron chi connectivity index (χ0n) is 16.5. The lowest BCUT2D eigenvalue weighted by Gasteiger charge is -2.33. The van der Waals surface area contributed by atoms with Gasteiger partial charge in [0.25, 0.3) is 0 Å². The van der Waals surface area contributed by atoms with Crippen molar-refractivity contribution >= 4 is 26.0 Å². The van der Waals surface area contributed by atoms with Crippen LogP contribution in [0.25, 0.3) is 0 Å². The van der Waals surface area contributed by atoms with Crippen molar-refractivity contribution in [3.05, 3.63) is 54.1 Å². The summed E-state index contributed by atoms with van der Waals surface area (Å²) in [7, 11) is -5.10. The van der Waals surface area contributed by atoms with Crippen molar-refractivity contribution in [3.63, 3.8) is 0 Å². The minimum atomic E-state index is -4.00. The molecule has 1 heterocycles. The Bertz CT molecular complexity index is 1120. The SMILES string of the molecule is COC(=O)c1ccccc1S(=O)(=O)N1CCN(S(=O)(=O)c2ccc(OC)cc2)CC1. The van der Waals surface area contributed by atoms with Crippen molar-refractivity contribution in [3.8, 4) is 5.75 Å². The highest BCUT2D eigenvalue weighted by Gasteiger charge is 2.35. The maximum atomic E-state index is 13.1. The summed E-state index contributed by atoms with van der Waals surface area (Å²) in [4.78, 5) is 11.9. The van der Waals surface area contributed by atoms with Crippen molar-refractivity contribution in [2.24, 2.45) is 0 Å². The number of methoxy groups -OCH3 is 2. The van der Waals surface area contributed by atoms with E-state index in [2.05, 4.69) is 4.74 Å². The van der Waals surface area contributed by atoms with E-state index in [1.165, 1.54) is 53.2 Å². The van der Waals surface area contributed by atoms with Crippen LogP contribution in [0.1, 0.15) is 10.4 Å². The van der Waals surface area contributed by atoms with Crippen molar-refractivity contribution in [1.82, 2.24) is 8.61 Å². The smallest absolute Gasteiger partial charge is 0.339 e. The number of sulfonamides is 2. The molecule has 0 aliphatic carbocycles. The van der Waals surface area contributed by atoms with Gasteiger partial charge in [0.05, 0.1) is 29.6 Å². The molecule has 0 saturated carbocycles. The van der Waals surface area contributed by atoms with Crippen molar-refractivity contribution in [1.29, 1.82) is 0 Å². The number of ether oxygens (including phenoxy) is 2. The number of benzene rings is 2. The molecular weight excluding hydrogens is 432 g/mol. The van der Waals surface area contributed by atoms with Gasteiger partial charge in [-0.25, -0.2) is 21.6 Å². The van der Waals surface area contributed by atoms with Gasteiger partial charge in [0.2, 0.25) is 20.0 Å². The monoisotopic (exact) mass is 454 g/mol. The van der Waals surface area contributed by atoms with Crippen LogP contribution in [0, 0.1) is 0 Å². The van der Waals surface area contributed by atoms with Crippen molar-refractivity contribution < 1.29 is 31.1 Å². The van der Waals surface area contributed by atoms with Crippen LogP contribution in [0.2, 0.25) is 0 Å². The van der Waals surface area contributed by atoms with Gasteiger partial charge in [-0.3, -0.25) is 0 Å². The second kappa shape index (κ2) is 8.72. The number of esters is 1. The first-order valence-electron chi connectivity index (χ1n) is 9.03. The number of rotatable bonds is 6. The molecule has 9 nitrogen and oxygen atoms in total. The van der Waals surface area contributed by atoms with Gasteiger partial charge in [0, 0.05) is 26.2 Å². The van der Waals surface area contributed by atoms with E-state index in [1.54, 1.807) is 18.2 Å². The molecule has 162 valence electrons. The third-order valence-electron chi connectivity index (χ3n) is 4.81. The molecule has 0 aromatic heterocycles. The summed E-state index contributed by atoms with van der Waals surface area (Å²) in [6.07, 6.45) is 0. The number of carbonyl (C=O) groups is 1. The van der Waals surface area contributed by atoms with Crippen LogP contribution >= 0.6 is 0 Å². The Morgan fingerprint density at radius 2 is 1.33 bits per heavy atom. The lowest BCUT2D eigenvalue weighted by atomic mass is 10.2. The lowest BCUT2D eigenvalue weighted by molar-refractivity contribution is 0.0596. The van der Waals surface area contributed by atoms with Crippen LogP contribution < -0.4 is 4.74 Å². The van der Waals surface area contributed by atoms with Gasteiger partial charge in [0.15, 0.2) is 0 Å². The average Bonchev–Trinajstić information content (AvgIpc) is 2.78. The van der Waals surface area contributed by atoms with E-state index >= 15 is 0 Å². The maximum absolute atomic E-state index is 13.1. The summed E-state index contributed by atoms with van der Waals surface area (Å²) in [5.41, 5.74) is -0.0618. The molecule has 30 heavy (non-hydrogen) atoms. The fraction of sp³-hybridized carbons (Fsp3) is 0.316. The number of carbonyl (C=O) groups excluding carboxylic acids is 1. The number of hydrogen-bond acceptors (Lipinski definition) is 7. The first kappa shape index (κ1) is 22.2. The van der Waals surface area contributed by atoms with Crippen molar-refractivity contribution in [2.45, 2.75) is 9.79 Å². The summed E-state index contributed by atoms with van der Waals surface area (Å²) >= 11 is 0. The zero-order chi connectivity index (χ0) is 21.9. The molecular formula is C19H22N2O7S2. The Balaban J connectivity index is 1.79. The molecule has 11 heteroatoms. The van der Waals surface area contributed by atoms with E-state index in [1.807, 2.05) is 0 Å². The van der Waals surface area contributed by atoms with Crippen molar-refractivity contribution in [2.75, 3.05) is 40.4 Å². The Morgan fingerprint density at radius 1 is 0.800 bits per heavy atom. The van der Waals surface area contributed by atoms with Gasteiger partial charge in [-0.2, -0.15) is 8.61 Å². The van der Waals surface area contributed by atoms with Crippen LogP contribution in [0.5, 0.6) is 5.75 Å². The van der Waals surface area contributed by atoms with Crippen LogP contribution in [0.4, 0.5) is 0 Å². The molecule has 2 aromatic rings. The second-order valence-corrected chi connectivity index (χ2v) is 10.3. The van der Waals surface area contributed by atoms with Gasteiger partial charge in [0.1, 0.15) is 5.75 Å². The third kappa shape index (κ3) is 4.19. The minimum Gasteiger partial charge on any atom is -0.497 e. The number of piperazine rings is 1. The fourth-order valence-electron chi connectivity index (χ4n) is 3.16. The first-order chi connectivity index (χ1) is 14.2. The fourth-order valence-corrected chi connectivity index (χ4v) is 6.18. The molecule has 0 radical (unpaired) electrons. The molecule has 1 aliphatic rings. The second-order valence-electron chi connectivity index (χ2n) is 6.47. The molecule has 0 atom stereocenters. The largest absolute Gasteiger partial charge is 0.497 e. The van der Waals surface area contributed by atoms with Gasteiger partial charge < -0.3 is 9.47 Å². The Hall–Kier alpha value is -2.47. The van der Waals surface area contributed by atoms with Gasteiger partial charge in [-0.15, -0.1) is 0 Å². The zero-order valence-corrected chi connectivity index (χ0v) is 18.1. The van der Waals surface area contributed by atoms with E-state index in [-0.39, 0.29) is 41.5 Å². The molecule has 2 aromatic carbocycles. The van der Waals surface area contributed by atoms with E-state index in [4.69, 9.17) is 4.74 Å². The third-order valence-corrected chi connectivity index (χ3v) is 8.67. The first-order valence-corrected chi connectivity index (χ1v) is 11.9. The summed E-state index contributed by atoms with van der Waals surface area (Å²) in [5, 5.41) is 0. The highest BCUT2D eigenvalue weighted by molar-refractivity contribution is 7.89. The summed E-state index contributed by atoms with van der Waals surface area (Å²) in [5.74, 6) is -0.218. The quantitative estimate of drug-likeness (QED) is 0.603. The molecule has 3 rings (SSSR count). The lowest BCUT2D eigenvalue weighted by Crippen LogP contribution is -2.50. The van der Waals surface area contributed by atoms with E-state index < -0.39 is 26.0 Å². The molecule has 0 unspecified atom stereocenters. The molecule has 1 aliphatic heterocycles. The number of hydrogen-bond donors (Lipinski definition) is 0. The molecule has 1 fully saturated rings. The Labute approximate surface area is 175 Å². The predicted molar refractivity (Wildman–Crippen MR) is 108 cm³/mol. The highest BCUT2D eigenvalue weighted by atomic mass is 32.2. The highest BCUT2D eigenvalue weighted by Crippen LogP contribution is 2.25. The van der Waals surface area contributed by atoms with Gasteiger partial charge >= 0.3 is 5.97 Å². The average molecular weight is 455 g/mol. The molecule has 0 bridgehead atoms. The molecule has 0 amide bonds. The van der Waals surface area contributed by atoms with Crippen LogP contribution in [0.15, 0.2) is 58.3 Å². The Kier molecular flexibility index (Phi) is 6.46. The van der Waals surface area contributed by atoms with Gasteiger partial charge in [-0.1, -0.05) is 12.1 Å². The summed E-state index contributed by atoms with van der Waals surface area (Å²) in [6, 6.07) is 11.8. The van der Waals surface area contributed by atoms with E-state index in [0.29, 0.717) is 5.75 Å². The normalized spacial score (nSPS) is 16.2. The molecule has 0 spiro atoms. The van der Waals surface area contributed by atoms with E-state index in [9.17, 15) is 21.6 Å². The summed E-state index contributed by atoms with van der Waals surface area (Å²) < 4.78 is 64.0. The number of nitrogens with zero attached hydrogens (tertiary/aromatic N) is 2.